The van der Waals surface area contributed by atoms with Gasteiger partial charge in [0.2, 0.25) is 0 Å². The predicted molar refractivity (Wildman–Crippen MR) is 87.1 cm³/mol. The van der Waals surface area contributed by atoms with E-state index in [2.05, 4.69) is 10.5 Å². The number of amides is 1. The second-order valence-corrected chi connectivity index (χ2v) is 5.30. The maximum atomic E-state index is 12.3. The zero-order valence-electron chi connectivity index (χ0n) is 14.1. The van der Waals surface area contributed by atoms with Crippen molar-refractivity contribution in [2.75, 3.05) is 12.4 Å². The monoisotopic (exact) mass is 332 g/mol. The first-order valence-electron chi connectivity index (χ1n) is 7.54. The maximum absolute atomic E-state index is 12.3. The van der Waals surface area contributed by atoms with Gasteiger partial charge in [0, 0.05) is 6.07 Å². The third-order valence-corrected chi connectivity index (χ3v) is 3.44. The molecule has 0 fully saturated rings. The number of esters is 1. The fraction of sp³-hybridized carbons (Fsp3) is 0.353. The number of hydrogen-bond donors (Lipinski definition) is 1. The van der Waals surface area contributed by atoms with Crippen molar-refractivity contribution in [1.29, 1.82) is 0 Å². The molecular formula is C17H20N2O5. The second-order valence-electron chi connectivity index (χ2n) is 5.30. The summed E-state index contributed by atoms with van der Waals surface area (Å²) in [6.45, 7) is 5.34. The minimum atomic E-state index is -0.929. The second kappa shape index (κ2) is 7.63. The van der Waals surface area contributed by atoms with Crippen LogP contribution in [-0.4, -0.2) is 30.2 Å². The Morgan fingerprint density at radius 3 is 2.62 bits per heavy atom. The number of hydrogen-bond acceptors (Lipinski definition) is 6. The Hall–Kier alpha value is -2.83. The molecule has 24 heavy (non-hydrogen) atoms. The van der Waals surface area contributed by atoms with Crippen LogP contribution in [0.3, 0.4) is 0 Å². The van der Waals surface area contributed by atoms with Gasteiger partial charge in [-0.3, -0.25) is 4.79 Å². The molecule has 1 aromatic carbocycles. The summed E-state index contributed by atoms with van der Waals surface area (Å²) in [7, 11) is 1.53. The topological polar surface area (TPSA) is 90.7 Å². The molecule has 1 atom stereocenters. The summed E-state index contributed by atoms with van der Waals surface area (Å²) in [4.78, 5) is 24.5. The molecule has 0 aliphatic heterocycles. The third kappa shape index (κ3) is 4.13. The van der Waals surface area contributed by atoms with Gasteiger partial charge in [-0.25, -0.2) is 4.79 Å². The van der Waals surface area contributed by atoms with E-state index >= 15 is 0 Å². The molecule has 2 aromatic rings. The van der Waals surface area contributed by atoms with Gasteiger partial charge in [-0.05, 0) is 38.0 Å². The quantitative estimate of drug-likeness (QED) is 0.818. The number of rotatable bonds is 6. The fourth-order valence-corrected chi connectivity index (χ4v) is 2.10. The Kier molecular flexibility index (Phi) is 5.57. The van der Waals surface area contributed by atoms with Crippen molar-refractivity contribution in [3.8, 4) is 5.75 Å². The van der Waals surface area contributed by atoms with E-state index in [1.165, 1.54) is 7.11 Å². The summed E-state index contributed by atoms with van der Waals surface area (Å²) in [5.74, 6) is 0.385. The molecule has 0 bridgehead atoms. The molecule has 0 spiro atoms. The molecule has 7 heteroatoms. The van der Waals surface area contributed by atoms with Gasteiger partial charge in [0.1, 0.15) is 11.5 Å². The summed E-state index contributed by atoms with van der Waals surface area (Å²) >= 11 is 0. The van der Waals surface area contributed by atoms with Gasteiger partial charge >= 0.3 is 5.97 Å². The van der Waals surface area contributed by atoms with Gasteiger partial charge in [-0.15, -0.1) is 0 Å². The minimum absolute atomic E-state index is 0.281. The Morgan fingerprint density at radius 2 is 2.04 bits per heavy atom. The van der Waals surface area contributed by atoms with Crippen molar-refractivity contribution in [3.05, 3.63) is 41.2 Å². The van der Waals surface area contributed by atoms with Crippen molar-refractivity contribution in [3.63, 3.8) is 0 Å². The van der Waals surface area contributed by atoms with Gasteiger partial charge in [0.05, 0.1) is 12.7 Å². The van der Waals surface area contributed by atoms with Crippen LogP contribution in [0.25, 0.3) is 0 Å². The van der Waals surface area contributed by atoms with E-state index in [-0.39, 0.29) is 5.82 Å². The summed E-state index contributed by atoms with van der Waals surface area (Å²) < 4.78 is 15.4. The van der Waals surface area contributed by atoms with Gasteiger partial charge in [-0.1, -0.05) is 18.1 Å². The lowest BCUT2D eigenvalue weighted by molar-refractivity contribution is -0.124. The average molecular weight is 332 g/mol. The lowest BCUT2D eigenvalue weighted by atomic mass is 10.1. The molecule has 0 aliphatic carbocycles. The Labute approximate surface area is 139 Å². The third-order valence-electron chi connectivity index (χ3n) is 3.44. The largest absolute Gasteiger partial charge is 0.496 e. The average Bonchev–Trinajstić information content (AvgIpc) is 2.97. The Bertz CT molecular complexity index is 738. The highest BCUT2D eigenvalue weighted by Crippen LogP contribution is 2.20. The zero-order valence-corrected chi connectivity index (χ0v) is 14.1. The number of carbonyl (C=O) groups excluding carboxylic acids is 2. The van der Waals surface area contributed by atoms with E-state index in [9.17, 15) is 9.59 Å². The molecule has 7 nitrogen and oxygen atoms in total. The molecule has 0 saturated carbocycles. The number of carbonyl (C=O) groups is 2. The van der Waals surface area contributed by atoms with Crippen LogP contribution in [0.1, 0.15) is 35.0 Å². The zero-order chi connectivity index (χ0) is 17.7. The van der Waals surface area contributed by atoms with Crippen LogP contribution in [0.4, 0.5) is 5.82 Å². The summed E-state index contributed by atoms with van der Waals surface area (Å²) in [6.07, 6.45) is -0.598. The van der Waals surface area contributed by atoms with Crippen LogP contribution in [0, 0.1) is 13.8 Å². The van der Waals surface area contributed by atoms with Crippen molar-refractivity contribution in [1.82, 2.24) is 5.16 Å². The van der Waals surface area contributed by atoms with Crippen LogP contribution in [-0.2, 0) is 9.53 Å². The normalized spacial score (nSPS) is 11.7. The molecule has 128 valence electrons. The lowest BCUT2D eigenvalue weighted by Gasteiger charge is -2.15. The summed E-state index contributed by atoms with van der Waals surface area (Å²) in [5, 5.41) is 6.23. The number of aromatic nitrogens is 1. The fourth-order valence-electron chi connectivity index (χ4n) is 2.10. The van der Waals surface area contributed by atoms with Crippen molar-refractivity contribution in [2.24, 2.45) is 0 Å². The van der Waals surface area contributed by atoms with Crippen LogP contribution >= 0.6 is 0 Å². The van der Waals surface area contributed by atoms with Crippen LogP contribution in [0.2, 0.25) is 0 Å². The van der Waals surface area contributed by atoms with Gasteiger partial charge < -0.3 is 19.3 Å². The van der Waals surface area contributed by atoms with Crippen LogP contribution < -0.4 is 10.1 Å². The molecular weight excluding hydrogens is 312 g/mol. The number of benzene rings is 1. The van der Waals surface area contributed by atoms with Gasteiger partial charge in [0.25, 0.3) is 5.91 Å². The molecule has 2 rings (SSSR count). The van der Waals surface area contributed by atoms with E-state index in [0.29, 0.717) is 23.5 Å². The molecule has 1 N–H and O–H groups in total. The number of methoxy groups -OCH3 is 1. The molecule has 1 amide bonds. The molecule has 1 heterocycles. The first kappa shape index (κ1) is 17.5. The van der Waals surface area contributed by atoms with Gasteiger partial charge in [-0.2, -0.15) is 0 Å². The van der Waals surface area contributed by atoms with E-state index < -0.39 is 18.0 Å². The van der Waals surface area contributed by atoms with Crippen molar-refractivity contribution >= 4 is 17.7 Å². The van der Waals surface area contributed by atoms with E-state index in [4.69, 9.17) is 14.0 Å². The molecule has 0 radical (unpaired) electrons. The summed E-state index contributed by atoms with van der Waals surface area (Å²) in [5.41, 5.74) is 1.22. The highest BCUT2D eigenvalue weighted by molar-refractivity contribution is 5.97. The minimum Gasteiger partial charge on any atom is -0.496 e. The first-order chi connectivity index (χ1) is 11.4. The van der Waals surface area contributed by atoms with Gasteiger partial charge in [0.15, 0.2) is 11.9 Å². The molecule has 1 unspecified atom stereocenters. The van der Waals surface area contributed by atoms with Crippen molar-refractivity contribution in [2.45, 2.75) is 33.3 Å². The smallest absolute Gasteiger partial charge is 0.339 e. The Balaban J connectivity index is 2.06. The lowest BCUT2D eigenvalue weighted by Crippen LogP contribution is -2.32. The standard InChI is InChI=1S/C17H20N2O5/c1-5-13(16(20)18-15-8-11(3)24-19-15)23-17(21)12-7-6-10(2)14(9-12)22-4/h6-9,13H,5H2,1-4H3,(H,18,19,20). The SMILES string of the molecule is CCC(OC(=O)c1ccc(C)c(OC)c1)C(=O)Nc1cc(C)on1. The van der Waals surface area contributed by atoms with E-state index in [1.807, 2.05) is 6.92 Å². The molecule has 1 aromatic heterocycles. The van der Waals surface area contributed by atoms with Crippen LogP contribution in [0.5, 0.6) is 5.75 Å². The van der Waals surface area contributed by atoms with Crippen molar-refractivity contribution < 1.29 is 23.6 Å². The number of nitrogens with one attached hydrogen (secondary N) is 1. The molecule has 0 aliphatic rings. The van der Waals surface area contributed by atoms with E-state index in [0.717, 1.165) is 5.56 Å². The van der Waals surface area contributed by atoms with E-state index in [1.54, 1.807) is 38.1 Å². The number of aryl methyl sites for hydroxylation is 2. The number of nitrogens with zero attached hydrogens (tertiary/aromatic N) is 1. The first-order valence-corrected chi connectivity index (χ1v) is 7.54. The maximum Gasteiger partial charge on any atom is 0.339 e. The predicted octanol–water partition coefficient (Wildman–Crippen LogP) is 2.87. The molecule has 0 saturated heterocycles. The van der Waals surface area contributed by atoms with Crippen LogP contribution in [0.15, 0.2) is 28.8 Å². The highest BCUT2D eigenvalue weighted by Gasteiger charge is 2.23. The Morgan fingerprint density at radius 1 is 1.29 bits per heavy atom. The number of ether oxygens (including phenoxy) is 2. The number of anilines is 1. The highest BCUT2D eigenvalue weighted by atomic mass is 16.5. The summed E-state index contributed by atoms with van der Waals surface area (Å²) in [6, 6.07) is 6.56.